The fourth-order valence-electron chi connectivity index (χ4n) is 2.24. The van der Waals surface area contributed by atoms with Gasteiger partial charge in [0.05, 0.1) is 12.7 Å². The van der Waals surface area contributed by atoms with Crippen molar-refractivity contribution in [1.29, 1.82) is 0 Å². The highest BCUT2D eigenvalue weighted by Gasteiger charge is 2.17. The van der Waals surface area contributed by atoms with Gasteiger partial charge in [-0.15, -0.1) is 0 Å². The number of rotatable bonds is 5. The molecule has 0 aliphatic carbocycles. The van der Waals surface area contributed by atoms with E-state index >= 15 is 0 Å². The van der Waals surface area contributed by atoms with Crippen LogP contribution in [0.1, 0.15) is 28.7 Å². The molecular formula is C18H18ClF2NO2S. The molecule has 2 aromatic carbocycles. The molecule has 3 nitrogen and oxygen atoms in total. The molecule has 0 radical (unpaired) electrons. The first-order valence-corrected chi connectivity index (χ1v) is 8.26. The van der Waals surface area contributed by atoms with Gasteiger partial charge in [-0.05, 0) is 61.5 Å². The summed E-state index contributed by atoms with van der Waals surface area (Å²) in [6.07, 6.45) is -2.63. The Hall–Kier alpha value is -1.92. The van der Waals surface area contributed by atoms with Crippen molar-refractivity contribution in [3.05, 3.63) is 57.6 Å². The van der Waals surface area contributed by atoms with E-state index in [0.29, 0.717) is 16.3 Å². The largest absolute Gasteiger partial charge is 0.488 e. The third-order valence-electron chi connectivity index (χ3n) is 3.77. The highest BCUT2D eigenvalue weighted by molar-refractivity contribution is 7.80. The van der Waals surface area contributed by atoms with Crippen molar-refractivity contribution in [1.82, 2.24) is 0 Å². The fourth-order valence-corrected chi connectivity index (χ4v) is 2.58. The fraction of sp³-hybridized carbons (Fsp3) is 0.278. The predicted molar refractivity (Wildman–Crippen MR) is 99.9 cm³/mol. The summed E-state index contributed by atoms with van der Waals surface area (Å²) in [7, 11) is 1.44. The first-order chi connectivity index (χ1) is 11.8. The summed E-state index contributed by atoms with van der Waals surface area (Å²) in [4.78, 5) is 0. The predicted octanol–water partition coefficient (Wildman–Crippen LogP) is 5.82. The Morgan fingerprint density at radius 2 is 1.92 bits per heavy atom. The van der Waals surface area contributed by atoms with Crippen molar-refractivity contribution >= 4 is 34.7 Å². The number of hydrogen-bond donors (Lipinski definition) is 1. The number of halogens is 3. The van der Waals surface area contributed by atoms with Gasteiger partial charge in [-0.1, -0.05) is 17.7 Å². The summed E-state index contributed by atoms with van der Waals surface area (Å²) in [5.74, 6) is 0.137. The van der Waals surface area contributed by atoms with Crippen molar-refractivity contribution in [3.8, 4) is 5.75 Å². The van der Waals surface area contributed by atoms with Gasteiger partial charge < -0.3 is 14.8 Å². The third kappa shape index (κ3) is 4.80. The van der Waals surface area contributed by atoms with Gasteiger partial charge in [-0.3, -0.25) is 0 Å². The average molecular weight is 386 g/mol. The Labute approximate surface area is 155 Å². The van der Waals surface area contributed by atoms with E-state index in [-0.39, 0.29) is 23.1 Å². The summed E-state index contributed by atoms with van der Waals surface area (Å²) in [5, 5.41) is 3.50. The summed E-state index contributed by atoms with van der Waals surface area (Å²) < 4.78 is 37.2. The highest BCUT2D eigenvalue weighted by Crippen LogP contribution is 2.33. The molecule has 0 saturated carbocycles. The van der Waals surface area contributed by atoms with E-state index in [0.717, 1.165) is 11.1 Å². The number of benzene rings is 2. The van der Waals surface area contributed by atoms with Crippen molar-refractivity contribution in [2.75, 3.05) is 12.4 Å². The molecule has 0 saturated heterocycles. The number of nitrogens with one attached hydrogen (secondary N) is 1. The topological polar surface area (TPSA) is 30.5 Å². The normalized spacial score (nSPS) is 10.7. The minimum Gasteiger partial charge on any atom is -0.488 e. The van der Waals surface area contributed by atoms with Crippen LogP contribution in [-0.2, 0) is 11.3 Å². The minimum absolute atomic E-state index is 0.0105. The quantitative estimate of drug-likeness (QED) is 0.657. The van der Waals surface area contributed by atoms with Gasteiger partial charge in [0, 0.05) is 16.3 Å². The Bertz CT molecular complexity index is 784. The molecule has 0 aliphatic heterocycles. The second-order valence-corrected chi connectivity index (χ2v) is 6.22. The zero-order chi connectivity index (χ0) is 18.6. The molecule has 0 atom stereocenters. The lowest BCUT2D eigenvalue weighted by Gasteiger charge is -2.17. The van der Waals surface area contributed by atoms with Crippen LogP contribution < -0.4 is 10.1 Å². The average Bonchev–Trinajstić information content (AvgIpc) is 2.56. The SMILES string of the molecule is COC(=S)Nc1cccc(Cl)c1COc1cc(C)c(C)cc1C(F)F. The number of hydrogen-bond acceptors (Lipinski definition) is 3. The molecule has 2 rings (SSSR count). The standard InChI is InChI=1S/C18H18ClF2NO2S/c1-10-7-12(17(20)21)16(8-11(10)2)24-9-13-14(19)5-4-6-15(13)22-18(25)23-3/h4-8,17H,9H2,1-3H3,(H,22,25). The first kappa shape index (κ1) is 19.4. The van der Waals surface area contributed by atoms with Gasteiger partial charge in [-0.25, -0.2) is 8.78 Å². The van der Waals surface area contributed by atoms with Crippen LogP contribution in [0.4, 0.5) is 14.5 Å². The smallest absolute Gasteiger partial charge is 0.267 e. The molecule has 0 amide bonds. The van der Waals surface area contributed by atoms with Crippen LogP contribution in [0.2, 0.25) is 5.02 Å². The minimum atomic E-state index is -2.63. The van der Waals surface area contributed by atoms with Gasteiger partial charge in [0.25, 0.3) is 11.6 Å². The van der Waals surface area contributed by atoms with Crippen LogP contribution in [0.25, 0.3) is 0 Å². The number of ether oxygens (including phenoxy) is 2. The maximum atomic E-state index is 13.3. The van der Waals surface area contributed by atoms with Gasteiger partial charge >= 0.3 is 0 Å². The summed E-state index contributed by atoms with van der Waals surface area (Å²) in [6, 6.07) is 8.24. The van der Waals surface area contributed by atoms with Gasteiger partial charge in [0.15, 0.2) is 0 Å². The molecular weight excluding hydrogens is 368 g/mol. The van der Waals surface area contributed by atoms with E-state index in [1.54, 1.807) is 31.2 Å². The van der Waals surface area contributed by atoms with Gasteiger partial charge in [0.1, 0.15) is 12.4 Å². The van der Waals surface area contributed by atoms with E-state index in [2.05, 4.69) is 5.32 Å². The van der Waals surface area contributed by atoms with Crippen LogP contribution in [-0.4, -0.2) is 12.3 Å². The van der Waals surface area contributed by atoms with Crippen molar-refractivity contribution < 1.29 is 18.3 Å². The van der Waals surface area contributed by atoms with E-state index < -0.39 is 6.43 Å². The lowest BCUT2D eigenvalue weighted by Crippen LogP contribution is -2.13. The molecule has 0 bridgehead atoms. The van der Waals surface area contributed by atoms with E-state index in [9.17, 15) is 8.78 Å². The summed E-state index contributed by atoms with van der Waals surface area (Å²) in [6.45, 7) is 3.64. The van der Waals surface area contributed by atoms with Crippen LogP contribution in [0.15, 0.2) is 30.3 Å². The van der Waals surface area contributed by atoms with E-state index in [1.165, 1.54) is 13.2 Å². The Morgan fingerprint density at radius 1 is 1.24 bits per heavy atom. The maximum Gasteiger partial charge on any atom is 0.267 e. The number of alkyl halides is 2. The Kier molecular flexibility index (Phi) is 6.56. The van der Waals surface area contributed by atoms with Crippen molar-refractivity contribution in [2.24, 2.45) is 0 Å². The molecule has 1 N–H and O–H groups in total. The lowest BCUT2D eigenvalue weighted by molar-refractivity contribution is 0.144. The molecule has 0 aromatic heterocycles. The Morgan fingerprint density at radius 3 is 2.56 bits per heavy atom. The molecule has 0 spiro atoms. The Balaban J connectivity index is 2.30. The summed E-state index contributed by atoms with van der Waals surface area (Å²) >= 11 is 11.2. The maximum absolute atomic E-state index is 13.3. The molecule has 134 valence electrons. The molecule has 25 heavy (non-hydrogen) atoms. The van der Waals surface area contributed by atoms with Crippen molar-refractivity contribution in [3.63, 3.8) is 0 Å². The molecule has 0 heterocycles. The molecule has 0 fully saturated rings. The number of anilines is 1. The monoisotopic (exact) mass is 385 g/mol. The van der Waals surface area contributed by atoms with Crippen LogP contribution >= 0.6 is 23.8 Å². The second kappa shape index (κ2) is 8.45. The highest BCUT2D eigenvalue weighted by atomic mass is 35.5. The molecule has 0 aliphatic rings. The number of aryl methyl sites for hydroxylation is 2. The third-order valence-corrected chi connectivity index (χ3v) is 4.40. The van der Waals surface area contributed by atoms with E-state index in [1.807, 2.05) is 6.92 Å². The lowest BCUT2D eigenvalue weighted by atomic mass is 10.1. The molecule has 7 heteroatoms. The molecule has 2 aromatic rings. The van der Waals surface area contributed by atoms with Crippen LogP contribution in [0, 0.1) is 13.8 Å². The number of methoxy groups -OCH3 is 1. The van der Waals surface area contributed by atoms with E-state index in [4.69, 9.17) is 33.3 Å². The van der Waals surface area contributed by atoms with Gasteiger partial charge in [-0.2, -0.15) is 0 Å². The first-order valence-electron chi connectivity index (χ1n) is 7.48. The zero-order valence-corrected chi connectivity index (χ0v) is 15.6. The zero-order valence-electron chi connectivity index (χ0n) is 14.0. The van der Waals surface area contributed by atoms with Gasteiger partial charge in [0.2, 0.25) is 0 Å². The number of thiocarbonyl (C=S) groups is 1. The molecule has 0 unspecified atom stereocenters. The van der Waals surface area contributed by atoms with Crippen molar-refractivity contribution in [2.45, 2.75) is 26.9 Å². The second-order valence-electron chi connectivity index (χ2n) is 5.45. The van der Waals surface area contributed by atoms with Crippen LogP contribution in [0.3, 0.4) is 0 Å². The van der Waals surface area contributed by atoms with Crippen LogP contribution in [0.5, 0.6) is 5.75 Å². The summed E-state index contributed by atoms with van der Waals surface area (Å²) in [5.41, 5.74) is 2.71.